The first-order valence-electron chi connectivity index (χ1n) is 7.09. The van der Waals surface area contributed by atoms with Gasteiger partial charge in [-0.2, -0.15) is 5.10 Å². The minimum absolute atomic E-state index is 0.364. The van der Waals surface area contributed by atoms with E-state index in [-0.39, 0.29) is 0 Å². The zero-order chi connectivity index (χ0) is 15.9. The molecule has 0 unspecified atom stereocenters. The molecule has 5 nitrogen and oxygen atoms in total. The number of nitrogens with one attached hydrogen (secondary N) is 1. The van der Waals surface area contributed by atoms with Gasteiger partial charge in [0.05, 0.1) is 23.1 Å². The minimum Gasteiger partial charge on any atom is -0.321 e. The van der Waals surface area contributed by atoms with Gasteiger partial charge in [0.15, 0.2) is 0 Å². The Bertz CT molecular complexity index is 843. The Hall–Kier alpha value is -2.14. The van der Waals surface area contributed by atoms with Crippen molar-refractivity contribution >= 4 is 34.1 Å². The molecule has 0 spiro atoms. The third-order valence-electron chi connectivity index (χ3n) is 2.80. The molecule has 0 saturated heterocycles. The van der Waals surface area contributed by atoms with Crippen molar-refractivity contribution in [2.45, 2.75) is 6.92 Å². The van der Waals surface area contributed by atoms with Crippen LogP contribution in [0.15, 0.2) is 30.6 Å². The van der Waals surface area contributed by atoms with E-state index in [1.165, 1.54) is 6.20 Å². The van der Waals surface area contributed by atoms with Gasteiger partial charge in [-0.1, -0.05) is 11.6 Å². The van der Waals surface area contributed by atoms with Crippen LogP contribution in [0.5, 0.6) is 0 Å². The third kappa shape index (κ3) is 2.24. The topological polar surface area (TPSA) is 55.6 Å². The number of halogens is 1. The highest BCUT2D eigenvalue weighted by atomic mass is 35.5. The maximum absolute atomic E-state index is 7.40. The van der Waals surface area contributed by atoms with E-state index in [0.717, 1.165) is 15.6 Å². The zero-order valence-corrected chi connectivity index (χ0v) is 10.8. The van der Waals surface area contributed by atoms with Gasteiger partial charge in [0, 0.05) is 27.7 Å². The molecule has 0 aliphatic heterocycles. The molecule has 0 bridgehead atoms. The first kappa shape index (κ1) is 8.87. The van der Waals surface area contributed by atoms with Gasteiger partial charge in [-0.3, -0.25) is 4.68 Å². The Labute approximate surface area is 119 Å². The van der Waals surface area contributed by atoms with Crippen LogP contribution in [0.1, 0.15) is 9.81 Å². The number of fused-ring (bicyclic) bond motifs is 1. The number of hydrogen-bond acceptors (Lipinski definition) is 4. The second kappa shape index (κ2) is 4.51. The molecule has 6 heteroatoms. The minimum atomic E-state index is -2.31. The van der Waals surface area contributed by atoms with Crippen molar-refractivity contribution in [3.05, 3.63) is 41.3 Å². The summed E-state index contributed by atoms with van der Waals surface area (Å²) in [6.45, 7) is -0.645. The molecule has 19 heavy (non-hydrogen) atoms. The normalized spacial score (nSPS) is 13.9. The average Bonchev–Trinajstić information content (AvgIpc) is 2.80. The van der Waals surface area contributed by atoms with Crippen LogP contribution < -0.4 is 5.32 Å². The van der Waals surface area contributed by atoms with Crippen molar-refractivity contribution in [1.29, 1.82) is 0 Å². The van der Waals surface area contributed by atoms with Crippen LogP contribution in [0, 0.1) is 6.92 Å². The lowest BCUT2D eigenvalue weighted by Gasteiger charge is -2.05. The number of benzene rings is 1. The fourth-order valence-corrected chi connectivity index (χ4v) is 1.90. The zero-order valence-electron chi connectivity index (χ0n) is 13.1. The van der Waals surface area contributed by atoms with Gasteiger partial charge in [-0.15, -0.1) is 0 Å². The van der Waals surface area contributed by atoms with E-state index in [1.54, 1.807) is 31.3 Å². The van der Waals surface area contributed by atoms with Crippen molar-refractivity contribution in [3.63, 3.8) is 0 Å². The Balaban J connectivity index is 1.93. The Morgan fingerprint density at radius 3 is 3.05 bits per heavy atom. The number of rotatable bonds is 2. The second-order valence-corrected chi connectivity index (χ2v) is 4.51. The first-order chi connectivity index (χ1) is 10.3. The van der Waals surface area contributed by atoms with E-state index in [0.29, 0.717) is 22.4 Å². The summed E-state index contributed by atoms with van der Waals surface area (Å²) >= 11 is 5.92. The quantitative estimate of drug-likeness (QED) is 0.781. The van der Waals surface area contributed by atoms with Gasteiger partial charge >= 0.3 is 0 Å². The molecule has 0 radical (unpaired) electrons. The molecule has 0 amide bonds. The largest absolute Gasteiger partial charge is 0.321 e. The van der Waals surface area contributed by atoms with Gasteiger partial charge in [-0.05, 0) is 25.1 Å². The summed E-state index contributed by atoms with van der Waals surface area (Å²) in [6.07, 6.45) is 3.09. The van der Waals surface area contributed by atoms with Gasteiger partial charge < -0.3 is 5.32 Å². The van der Waals surface area contributed by atoms with Crippen molar-refractivity contribution in [2.24, 2.45) is 6.98 Å². The number of aromatic nitrogens is 4. The Morgan fingerprint density at radius 1 is 1.37 bits per heavy atom. The molecule has 0 aliphatic rings. The molecule has 0 saturated carbocycles. The molecular weight excluding hydrogens is 262 g/mol. The Morgan fingerprint density at radius 2 is 2.26 bits per heavy atom. The molecule has 2 aromatic heterocycles. The summed E-state index contributed by atoms with van der Waals surface area (Å²) in [5, 5.41) is 8.30. The molecule has 2 heterocycles. The maximum Gasteiger partial charge on any atom is 0.227 e. The molecular formula is C13H12ClN5. The van der Waals surface area contributed by atoms with Crippen LogP contribution in [0.25, 0.3) is 10.9 Å². The molecule has 0 fully saturated rings. The lowest BCUT2D eigenvalue weighted by Crippen LogP contribution is -1.99. The van der Waals surface area contributed by atoms with E-state index in [4.69, 9.17) is 15.7 Å². The summed E-state index contributed by atoms with van der Waals surface area (Å²) in [7, 11) is 0. The molecule has 0 aliphatic carbocycles. The monoisotopic (exact) mass is 276 g/mol. The predicted octanol–water partition coefficient (Wildman–Crippen LogP) is 3.07. The Kier molecular flexibility index (Phi) is 2.11. The highest BCUT2D eigenvalue weighted by molar-refractivity contribution is 6.31. The van der Waals surface area contributed by atoms with Crippen molar-refractivity contribution < 1.29 is 4.11 Å². The van der Waals surface area contributed by atoms with E-state index in [9.17, 15) is 0 Å². The van der Waals surface area contributed by atoms with Gasteiger partial charge in [0.2, 0.25) is 5.95 Å². The third-order valence-corrected chi connectivity index (χ3v) is 3.03. The number of anilines is 2. The number of aryl methyl sites for hydroxylation is 1. The smallest absolute Gasteiger partial charge is 0.227 e. The van der Waals surface area contributed by atoms with Gasteiger partial charge in [0.1, 0.15) is 0 Å². The predicted molar refractivity (Wildman–Crippen MR) is 75.8 cm³/mol. The number of nitrogens with zero attached hydrogens (tertiary/aromatic N) is 4. The van der Waals surface area contributed by atoms with Crippen LogP contribution >= 0.6 is 11.6 Å². The van der Waals surface area contributed by atoms with Crippen molar-refractivity contribution in [2.75, 3.05) is 5.32 Å². The maximum atomic E-state index is 7.40. The molecule has 3 rings (SSSR count). The van der Waals surface area contributed by atoms with Crippen LogP contribution in [0.4, 0.5) is 11.6 Å². The number of hydrogen-bond donors (Lipinski definition) is 1. The van der Waals surface area contributed by atoms with E-state index < -0.39 is 6.98 Å². The highest BCUT2D eigenvalue weighted by Crippen LogP contribution is 2.20. The molecule has 1 aromatic carbocycles. The summed E-state index contributed by atoms with van der Waals surface area (Å²) in [5.41, 5.74) is 1.77. The second-order valence-electron chi connectivity index (χ2n) is 4.08. The summed E-state index contributed by atoms with van der Waals surface area (Å²) in [6, 6.07) is 5.32. The van der Waals surface area contributed by atoms with Gasteiger partial charge in [-0.25, -0.2) is 9.97 Å². The van der Waals surface area contributed by atoms with Crippen LogP contribution in [0.2, 0.25) is 5.02 Å². The van der Waals surface area contributed by atoms with E-state index >= 15 is 0 Å². The fraction of sp³-hybridized carbons (Fsp3) is 0.154. The SMILES string of the molecule is [2H]C([2H])([2H])n1ncc(Nc2ncc3cc(Cl)ccc3n2)c1C. The van der Waals surface area contributed by atoms with Crippen LogP contribution in [-0.2, 0) is 6.98 Å². The lowest BCUT2D eigenvalue weighted by molar-refractivity contribution is 0.740. The highest BCUT2D eigenvalue weighted by Gasteiger charge is 2.06. The van der Waals surface area contributed by atoms with Crippen LogP contribution in [0.3, 0.4) is 0 Å². The molecule has 0 atom stereocenters. The fourth-order valence-electron chi connectivity index (χ4n) is 1.72. The summed E-state index contributed by atoms with van der Waals surface area (Å²) in [4.78, 5) is 8.56. The van der Waals surface area contributed by atoms with Crippen molar-refractivity contribution in [1.82, 2.24) is 19.7 Å². The standard InChI is InChI=1S/C13H12ClN5/c1-8-12(7-16-19(8)2)18-13-15-6-9-5-10(14)3-4-11(9)17-13/h3-7H,1-2H3,(H,15,17,18)/i2D3. The van der Waals surface area contributed by atoms with Crippen LogP contribution in [-0.4, -0.2) is 19.7 Å². The van der Waals surface area contributed by atoms with Gasteiger partial charge in [0.25, 0.3) is 0 Å². The van der Waals surface area contributed by atoms with Crippen molar-refractivity contribution in [3.8, 4) is 0 Å². The van der Waals surface area contributed by atoms with E-state index in [2.05, 4.69) is 20.4 Å². The summed E-state index contributed by atoms with van der Waals surface area (Å²) < 4.78 is 23.2. The average molecular weight is 277 g/mol. The van der Waals surface area contributed by atoms with E-state index in [1.807, 2.05) is 0 Å². The molecule has 96 valence electrons. The summed E-state index contributed by atoms with van der Waals surface area (Å²) in [5.74, 6) is 0.364. The molecule has 3 aromatic rings. The molecule has 1 N–H and O–H groups in total. The first-order valence-corrected chi connectivity index (χ1v) is 5.97. The lowest BCUT2D eigenvalue weighted by atomic mass is 10.2.